The molecule has 0 saturated carbocycles. The molecule has 1 heterocycles. The lowest BCUT2D eigenvalue weighted by molar-refractivity contribution is 0.0761. The summed E-state index contributed by atoms with van der Waals surface area (Å²) in [6.07, 6.45) is 0. The Balaban J connectivity index is 2.21. The lowest BCUT2D eigenvalue weighted by Gasteiger charge is -2.26. The molecule has 5 nitrogen and oxygen atoms in total. The van der Waals surface area contributed by atoms with Crippen molar-refractivity contribution in [2.75, 3.05) is 33.5 Å². The summed E-state index contributed by atoms with van der Waals surface area (Å²) >= 11 is 0. The largest absolute Gasteiger partial charge is 0.490 e. The molecule has 1 aromatic rings. The van der Waals surface area contributed by atoms with Gasteiger partial charge in [-0.25, -0.2) is 0 Å². The van der Waals surface area contributed by atoms with Gasteiger partial charge in [-0.1, -0.05) is 12.1 Å². The summed E-state index contributed by atoms with van der Waals surface area (Å²) in [7, 11) is 1.61. The third-order valence-corrected chi connectivity index (χ3v) is 3.71. The minimum atomic E-state index is -0.694. The molecule has 0 bridgehead atoms. The highest BCUT2D eigenvalue weighted by atomic mass is 16.5. The lowest BCUT2D eigenvalue weighted by atomic mass is 9.78. The van der Waals surface area contributed by atoms with Gasteiger partial charge in [0.05, 0.1) is 30.8 Å². The Hall–Kier alpha value is -1.43. The van der Waals surface area contributed by atoms with Crippen LogP contribution in [0.25, 0.3) is 0 Å². The molecule has 1 saturated heterocycles. The van der Waals surface area contributed by atoms with E-state index in [-0.39, 0.29) is 11.8 Å². The summed E-state index contributed by atoms with van der Waals surface area (Å²) in [5.41, 5.74) is 5.87. The summed E-state index contributed by atoms with van der Waals surface area (Å²) in [4.78, 5) is 12.8. The predicted molar refractivity (Wildman–Crippen MR) is 75.0 cm³/mol. The molecule has 2 atom stereocenters. The quantitative estimate of drug-likeness (QED) is 0.627. The second-order valence-corrected chi connectivity index (χ2v) is 5.21. The Morgan fingerprint density at radius 2 is 2.20 bits per heavy atom. The van der Waals surface area contributed by atoms with Crippen LogP contribution in [-0.2, 0) is 9.47 Å². The van der Waals surface area contributed by atoms with E-state index in [9.17, 15) is 4.79 Å². The van der Waals surface area contributed by atoms with Gasteiger partial charge in [-0.2, -0.15) is 0 Å². The molecule has 1 aliphatic heterocycles. The van der Waals surface area contributed by atoms with Gasteiger partial charge in [0.1, 0.15) is 12.4 Å². The van der Waals surface area contributed by atoms with Gasteiger partial charge in [0.25, 0.3) is 0 Å². The number of rotatable bonds is 6. The SMILES string of the molecule is COCCOc1ccccc1C(=O)C1(C)COCC1N. The molecule has 0 aromatic heterocycles. The molecule has 0 radical (unpaired) electrons. The van der Waals surface area contributed by atoms with Crippen molar-refractivity contribution in [2.45, 2.75) is 13.0 Å². The molecule has 0 spiro atoms. The molecule has 1 aliphatic rings. The minimum Gasteiger partial charge on any atom is -0.490 e. The summed E-state index contributed by atoms with van der Waals surface area (Å²) in [6, 6.07) is 6.92. The highest BCUT2D eigenvalue weighted by Gasteiger charge is 2.45. The van der Waals surface area contributed by atoms with Crippen LogP contribution in [-0.4, -0.2) is 45.4 Å². The van der Waals surface area contributed by atoms with Crippen molar-refractivity contribution < 1.29 is 19.0 Å². The first-order valence-electron chi connectivity index (χ1n) is 6.68. The van der Waals surface area contributed by atoms with Crippen molar-refractivity contribution in [1.82, 2.24) is 0 Å². The molecule has 2 N–H and O–H groups in total. The van der Waals surface area contributed by atoms with E-state index in [0.29, 0.717) is 37.7 Å². The lowest BCUT2D eigenvalue weighted by Crippen LogP contribution is -2.44. The van der Waals surface area contributed by atoms with Crippen molar-refractivity contribution in [3.05, 3.63) is 29.8 Å². The van der Waals surface area contributed by atoms with Crippen LogP contribution in [0.2, 0.25) is 0 Å². The van der Waals surface area contributed by atoms with Crippen molar-refractivity contribution in [3.63, 3.8) is 0 Å². The third-order valence-electron chi connectivity index (χ3n) is 3.71. The monoisotopic (exact) mass is 279 g/mol. The van der Waals surface area contributed by atoms with E-state index in [1.54, 1.807) is 19.2 Å². The Labute approximate surface area is 119 Å². The maximum absolute atomic E-state index is 12.8. The van der Waals surface area contributed by atoms with E-state index in [0.717, 1.165) is 0 Å². The second-order valence-electron chi connectivity index (χ2n) is 5.21. The minimum absolute atomic E-state index is 0.0319. The number of hydrogen-bond donors (Lipinski definition) is 1. The van der Waals surface area contributed by atoms with Crippen LogP contribution in [0.15, 0.2) is 24.3 Å². The van der Waals surface area contributed by atoms with E-state index in [4.69, 9.17) is 19.9 Å². The average molecular weight is 279 g/mol. The Bertz CT molecular complexity index is 477. The number of hydrogen-bond acceptors (Lipinski definition) is 5. The van der Waals surface area contributed by atoms with Crippen LogP contribution in [0.4, 0.5) is 0 Å². The van der Waals surface area contributed by atoms with Gasteiger partial charge in [-0.05, 0) is 19.1 Å². The van der Waals surface area contributed by atoms with Crippen molar-refractivity contribution >= 4 is 5.78 Å². The van der Waals surface area contributed by atoms with Gasteiger partial charge in [-0.15, -0.1) is 0 Å². The molecule has 2 rings (SSSR count). The van der Waals surface area contributed by atoms with Gasteiger partial charge >= 0.3 is 0 Å². The zero-order valence-corrected chi connectivity index (χ0v) is 11.9. The Morgan fingerprint density at radius 1 is 1.45 bits per heavy atom. The van der Waals surface area contributed by atoms with Crippen LogP contribution in [0.1, 0.15) is 17.3 Å². The van der Waals surface area contributed by atoms with Crippen LogP contribution < -0.4 is 10.5 Å². The molecule has 1 fully saturated rings. The number of Topliss-reactive ketones (excluding diaryl/α,β-unsaturated/α-hetero) is 1. The van der Waals surface area contributed by atoms with Crippen LogP contribution in [0, 0.1) is 5.41 Å². The van der Waals surface area contributed by atoms with Gasteiger partial charge in [0.15, 0.2) is 5.78 Å². The molecule has 20 heavy (non-hydrogen) atoms. The zero-order chi connectivity index (χ0) is 14.6. The second kappa shape index (κ2) is 6.35. The first-order chi connectivity index (χ1) is 9.59. The number of carbonyl (C=O) groups is 1. The molecule has 110 valence electrons. The number of carbonyl (C=O) groups excluding carboxylic acids is 1. The first kappa shape index (κ1) is 15.0. The van der Waals surface area contributed by atoms with Crippen LogP contribution in [0.5, 0.6) is 5.75 Å². The van der Waals surface area contributed by atoms with E-state index in [2.05, 4.69) is 0 Å². The van der Waals surface area contributed by atoms with E-state index >= 15 is 0 Å². The van der Waals surface area contributed by atoms with Gasteiger partial charge in [-0.3, -0.25) is 4.79 Å². The summed E-state index contributed by atoms with van der Waals surface area (Å²) in [6.45, 7) is 3.48. The predicted octanol–water partition coefficient (Wildman–Crippen LogP) is 1.26. The average Bonchev–Trinajstić information content (AvgIpc) is 2.80. The molecule has 5 heteroatoms. The van der Waals surface area contributed by atoms with E-state index < -0.39 is 5.41 Å². The van der Waals surface area contributed by atoms with Crippen molar-refractivity contribution in [2.24, 2.45) is 11.1 Å². The fourth-order valence-electron chi connectivity index (χ4n) is 2.25. The summed E-state index contributed by atoms with van der Waals surface area (Å²) < 4.78 is 15.9. The molecular formula is C15H21NO4. The topological polar surface area (TPSA) is 70.8 Å². The van der Waals surface area contributed by atoms with Gasteiger partial charge in [0, 0.05) is 13.2 Å². The maximum Gasteiger partial charge on any atom is 0.176 e. The van der Waals surface area contributed by atoms with Crippen LogP contribution >= 0.6 is 0 Å². The van der Waals surface area contributed by atoms with E-state index in [1.165, 1.54) is 0 Å². The number of methoxy groups -OCH3 is 1. The highest BCUT2D eigenvalue weighted by molar-refractivity contribution is 6.03. The molecule has 0 amide bonds. The van der Waals surface area contributed by atoms with Crippen molar-refractivity contribution in [3.8, 4) is 5.75 Å². The Morgan fingerprint density at radius 3 is 2.85 bits per heavy atom. The summed E-state index contributed by atoms with van der Waals surface area (Å²) in [5, 5.41) is 0. The zero-order valence-electron chi connectivity index (χ0n) is 11.9. The number of benzene rings is 1. The highest BCUT2D eigenvalue weighted by Crippen LogP contribution is 2.34. The maximum atomic E-state index is 12.8. The smallest absolute Gasteiger partial charge is 0.176 e. The number of nitrogens with two attached hydrogens (primary N) is 1. The van der Waals surface area contributed by atoms with Gasteiger partial charge in [0.2, 0.25) is 0 Å². The van der Waals surface area contributed by atoms with Crippen LogP contribution in [0.3, 0.4) is 0 Å². The fourth-order valence-corrected chi connectivity index (χ4v) is 2.25. The fraction of sp³-hybridized carbons (Fsp3) is 0.533. The van der Waals surface area contributed by atoms with E-state index in [1.807, 2.05) is 19.1 Å². The number of ether oxygens (including phenoxy) is 3. The van der Waals surface area contributed by atoms with Gasteiger partial charge < -0.3 is 19.9 Å². The Kier molecular flexibility index (Phi) is 4.75. The molecule has 2 unspecified atom stereocenters. The molecule has 0 aliphatic carbocycles. The number of ketones is 1. The summed E-state index contributed by atoms with van der Waals surface area (Å²) in [5.74, 6) is 0.533. The number of para-hydroxylation sites is 1. The first-order valence-corrected chi connectivity index (χ1v) is 6.68. The van der Waals surface area contributed by atoms with Crippen molar-refractivity contribution in [1.29, 1.82) is 0 Å². The molecular weight excluding hydrogens is 258 g/mol. The normalized spacial score (nSPS) is 25.6. The molecule has 1 aromatic carbocycles. The third kappa shape index (κ3) is 2.85. The standard InChI is InChI=1S/C15H21NO4/c1-15(10-19-9-13(15)16)14(17)11-5-3-4-6-12(11)20-8-7-18-2/h3-6,13H,7-10,16H2,1-2H3.